The van der Waals surface area contributed by atoms with Gasteiger partial charge in [-0.05, 0) is 57.7 Å². The Balaban J connectivity index is 1.43. The minimum Gasteiger partial charge on any atom is -0.488 e. The molecule has 0 unspecified atom stereocenters. The van der Waals surface area contributed by atoms with E-state index in [0.717, 1.165) is 24.6 Å². The van der Waals surface area contributed by atoms with E-state index in [1.807, 2.05) is 63.2 Å². The molecular weight excluding hydrogens is 485 g/mol. The topological polar surface area (TPSA) is 89.5 Å². The van der Waals surface area contributed by atoms with Crippen LogP contribution >= 0.6 is 0 Å². The molecule has 0 aliphatic heterocycles. The Bertz CT molecular complexity index is 1260. The zero-order chi connectivity index (χ0) is 27.1. The molecule has 1 aromatic heterocycles. The number of anilines is 1. The first kappa shape index (κ1) is 27.1. The Labute approximate surface area is 222 Å². The number of ether oxygens (including phenoxy) is 2. The van der Waals surface area contributed by atoms with Crippen molar-refractivity contribution < 1.29 is 23.5 Å². The first-order valence-corrected chi connectivity index (χ1v) is 12.9. The van der Waals surface area contributed by atoms with Gasteiger partial charge in [-0.25, -0.2) is 14.2 Å². The third-order valence-electron chi connectivity index (χ3n) is 6.29. The molecule has 0 radical (unpaired) electrons. The highest BCUT2D eigenvalue weighted by atomic mass is 19.1. The fourth-order valence-corrected chi connectivity index (χ4v) is 4.53. The summed E-state index contributed by atoms with van der Waals surface area (Å²) < 4.78 is 26.2. The number of nitrogens with zero attached hydrogens (tertiary/aromatic N) is 1. The molecule has 2 N–H and O–H groups in total. The molecule has 2 amide bonds. The molecule has 200 valence electrons. The van der Waals surface area contributed by atoms with Crippen molar-refractivity contribution in [2.75, 3.05) is 5.32 Å². The standard InChI is InChI=1S/C30H34FN3O4/c1-30(2,3)38-29(36)33-22-13-9-12-21(16-22)28(35)34-27-17-24(25(31)18-32-27)23-14-7-8-15-26(23)37-19-20-10-5-4-6-11-20/h4-8,10-11,14-15,17-18,21-22H,9,12-13,16,19H2,1-3H3,(H,33,36)(H,32,34,35)/t21-,22+/m0/s1. The summed E-state index contributed by atoms with van der Waals surface area (Å²) >= 11 is 0. The average Bonchev–Trinajstić information content (AvgIpc) is 2.88. The molecule has 8 heteroatoms. The number of nitrogens with one attached hydrogen (secondary N) is 2. The fraction of sp³-hybridized carbons (Fsp3) is 0.367. The van der Waals surface area contributed by atoms with Crippen molar-refractivity contribution in [3.05, 3.63) is 78.2 Å². The summed E-state index contributed by atoms with van der Waals surface area (Å²) in [5.41, 5.74) is 1.26. The lowest BCUT2D eigenvalue weighted by atomic mass is 9.85. The lowest BCUT2D eigenvalue weighted by Gasteiger charge is -2.30. The monoisotopic (exact) mass is 519 g/mol. The molecule has 4 rings (SSSR count). The van der Waals surface area contributed by atoms with Crippen LogP contribution in [0, 0.1) is 11.7 Å². The fourth-order valence-electron chi connectivity index (χ4n) is 4.53. The molecule has 1 saturated carbocycles. The van der Waals surface area contributed by atoms with Gasteiger partial charge in [-0.2, -0.15) is 0 Å². The quantitative estimate of drug-likeness (QED) is 0.373. The number of pyridine rings is 1. The van der Waals surface area contributed by atoms with Crippen LogP contribution in [0.5, 0.6) is 5.75 Å². The average molecular weight is 520 g/mol. The maximum absolute atomic E-state index is 14.9. The van der Waals surface area contributed by atoms with Crippen molar-refractivity contribution >= 4 is 17.8 Å². The van der Waals surface area contributed by atoms with Crippen LogP contribution in [0.2, 0.25) is 0 Å². The van der Waals surface area contributed by atoms with Gasteiger partial charge in [0.1, 0.15) is 29.6 Å². The molecule has 0 spiro atoms. The largest absolute Gasteiger partial charge is 0.488 e. The third-order valence-corrected chi connectivity index (χ3v) is 6.29. The van der Waals surface area contributed by atoms with Crippen LogP contribution < -0.4 is 15.4 Å². The highest BCUT2D eigenvalue weighted by Crippen LogP contribution is 2.34. The summed E-state index contributed by atoms with van der Waals surface area (Å²) in [4.78, 5) is 29.3. The van der Waals surface area contributed by atoms with Crippen molar-refractivity contribution in [1.29, 1.82) is 0 Å². The Kier molecular flexibility index (Phi) is 8.61. The number of hydrogen-bond acceptors (Lipinski definition) is 5. The molecule has 1 heterocycles. The molecule has 38 heavy (non-hydrogen) atoms. The lowest BCUT2D eigenvalue weighted by Crippen LogP contribution is -2.43. The Morgan fingerprint density at radius 1 is 1.03 bits per heavy atom. The smallest absolute Gasteiger partial charge is 0.407 e. The summed E-state index contributed by atoms with van der Waals surface area (Å²) in [5, 5.41) is 5.71. The molecule has 0 bridgehead atoms. The van der Waals surface area contributed by atoms with Crippen molar-refractivity contribution in [3.8, 4) is 16.9 Å². The van der Waals surface area contributed by atoms with Crippen molar-refractivity contribution in [2.45, 2.75) is 64.7 Å². The van der Waals surface area contributed by atoms with E-state index in [0.29, 0.717) is 30.8 Å². The second-order valence-corrected chi connectivity index (χ2v) is 10.5. The minimum absolute atomic E-state index is 0.153. The Morgan fingerprint density at radius 3 is 2.53 bits per heavy atom. The second-order valence-electron chi connectivity index (χ2n) is 10.5. The van der Waals surface area contributed by atoms with Gasteiger partial charge in [-0.3, -0.25) is 4.79 Å². The molecule has 7 nitrogen and oxygen atoms in total. The summed E-state index contributed by atoms with van der Waals surface area (Å²) in [5.74, 6) is -0.244. The number of amides is 2. The molecule has 1 fully saturated rings. The predicted octanol–water partition coefficient (Wildman–Crippen LogP) is 6.49. The summed E-state index contributed by atoms with van der Waals surface area (Å²) in [6, 6.07) is 18.3. The molecule has 2 atom stereocenters. The number of para-hydroxylation sites is 1. The maximum atomic E-state index is 14.9. The number of carbonyl (C=O) groups is 2. The van der Waals surface area contributed by atoms with Gasteiger partial charge in [0.05, 0.1) is 6.20 Å². The third kappa shape index (κ3) is 7.54. The van der Waals surface area contributed by atoms with E-state index in [-0.39, 0.29) is 29.2 Å². The van der Waals surface area contributed by atoms with Crippen LogP contribution in [0.1, 0.15) is 52.0 Å². The Hall–Kier alpha value is -3.94. The van der Waals surface area contributed by atoms with E-state index in [1.165, 1.54) is 6.07 Å². The second kappa shape index (κ2) is 12.1. The number of halogens is 1. The SMILES string of the molecule is CC(C)(C)OC(=O)N[C@@H]1CCC[C@H](C(=O)Nc2cc(-c3ccccc3OCc3ccccc3)c(F)cn2)C1. The van der Waals surface area contributed by atoms with Crippen LogP contribution in [0.4, 0.5) is 15.0 Å². The van der Waals surface area contributed by atoms with Crippen LogP contribution in [-0.4, -0.2) is 28.6 Å². The molecule has 0 saturated heterocycles. The Morgan fingerprint density at radius 2 is 1.76 bits per heavy atom. The van der Waals surface area contributed by atoms with Gasteiger partial charge in [0.25, 0.3) is 0 Å². The van der Waals surface area contributed by atoms with Gasteiger partial charge in [-0.1, -0.05) is 55.0 Å². The zero-order valence-electron chi connectivity index (χ0n) is 22.0. The van der Waals surface area contributed by atoms with Crippen LogP contribution in [-0.2, 0) is 16.1 Å². The number of benzene rings is 2. The van der Waals surface area contributed by atoms with Crippen LogP contribution in [0.15, 0.2) is 66.9 Å². The van der Waals surface area contributed by atoms with Gasteiger partial charge in [0.15, 0.2) is 0 Å². The van der Waals surface area contributed by atoms with Crippen LogP contribution in [0.25, 0.3) is 11.1 Å². The highest BCUT2D eigenvalue weighted by molar-refractivity contribution is 5.92. The van der Waals surface area contributed by atoms with E-state index >= 15 is 0 Å². The maximum Gasteiger partial charge on any atom is 0.407 e. The van der Waals surface area contributed by atoms with Gasteiger partial charge < -0.3 is 20.1 Å². The molecule has 1 aliphatic rings. The van der Waals surface area contributed by atoms with Gasteiger partial charge in [-0.15, -0.1) is 0 Å². The minimum atomic E-state index is -0.591. The van der Waals surface area contributed by atoms with E-state index in [4.69, 9.17) is 9.47 Å². The molecular formula is C30H34FN3O4. The number of hydrogen-bond donors (Lipinski definition) is 2. The first-order chi connectivity index (χ1) is 18.2. The number of carbonyl (C=O) groups excluding carboxylic acids is 2. The number of rotatable bonds is 7. The van der Waals surface area contributed by atoms with Crippen molar-refractivity contribution in [3.63, 3.8) is 0 Å². The summed E-state index contributed by atoms with van der Waals surface area (Å²) in [6.45, 7) is 5.76. The highest BCUT2D eigenvalue weighted by Gasteiger charge is 2.30. The molecule has 2 aromatic carbocycles. The summed E-state index contributed by atoms with van der Waals surface area (Å²) in [7, 11) is 0. The van der Waals surface area contributed by atoms with E-state index in [1.54, 1.807) is 12.1 Å². The predicted molar refractivity (Wildman–Crippen MR) is 144 cm³/mol. The van der Waals surface area contributed by atoms with Crippen LogP contribution in [0.3, 0.4) is 0 Å². The summed E-state index contributed by atoms with van der Waals surface area (Å²) in [6.07, 6.45) is 3.39. The first-order valence-electron chi connectivity index (χ1n) is 12.9. The van der Waals surface area contributed by atoms with Crippen molar-refractivity contribution in [2.24, 2.45) is 5.92 Å². The van der Waals surface area contributed by atoms with Crippen molar-refractivity contribution in [1.82, 2.24) is 10.3 Å². The molecule has 3 aromatic rings. The van der Waals surface area contributed by atoms with E-state index < -0.39 is 17.5 Å². The number of alkyl carbamates (subject to hydrolysis) is 1. The lowest BCUT2D eigenvalue weighted by molar-refractivity contribution is -0.121. The zero-order valence-corrected chi connectivity index (χ0v) is 22.0. The van der Waals surface area contributed by atoms with E-state index in [2.05, 4.69) is 15.6 Å². The molecule has 1 aliphatic carbocycles. The van der Waals surface area contributed by atoms with E-state index in [9.17, 15) is 14.0 Å². The van der Waals surface area contributed by atoms with Gasteiger partial charge >= 0.3 is 6.09 Å². The van der Waals surface area contributed by atoms with Gasteiger partial charge in [0, 0.05) is 23.1 Å². The van der Waals surface area contributed by atoms with Gasteiger partial charge in [0.2, 0.25) is 5.91 Å². The normalized spacial score (nSPS) is 17.4. The number of aromatic nitrogens is 1.